The molecular weight excluding hydrogens is 500 g/mol. The van der Waals surface area contributed by atoms with E-state index in [-0.39, 0.29) is 5.78 Å². The molecule has 0 atom stereocenters. The highest BCUT2D eigenvalue weighted by Crippen LogP contribution is 2.32. The monoisotopic (exact) mass is 542 g/mol. The first-order valence-corrected chi connectivity index (χ1v) is 15.7. The van der Waals surface area contributed by atoms with Crippen LogP contribution in [0.3, 0.4) is 0 Å². The van der Waals surface area contributed by atoms with Crippen LogP contribution in [-0.2, 0) is 16.4 Å². The standard InChI is InChI=1S/C30H42N2O5S/c1-5-8-11-28-29(26-22-24(31-38(4,34)35)14-17-27(26)37-28)30(33)23-12-15-25(16-13-23)36-21-10-20-32(18-7-3)19-9-6-2/h12-17,22,31H,5-11,18-21H2,1-4H3. The Kier molecular flexibility index (Phi) is 11.2. The first-order valence-electron chi connectivity index (χ1n) is 13.8. The molecule has 0 unspecified atom stereocenters. The maximum atomic E-state index is 13.7. The largest absolute Gasteiger partial charge is 0.494 e. The molecule has 38 heavy (non-hydrogen) atoms. The summed E-state index contributed by atoms with van der Waals surface area (Å²) in [4.78, 5) is 16.1. The van der Waals surface area contributed by atoms with Gasteiger partial charge >= 0.3 is 0 Å². The number of anilines is 1. The highest BCUT2D eigenvalue weighted by molar-refractivity contribution is 7.92. The van der Waals surface area contributed by atoms with Crippen molar-refractivity contribution in [3.63, 3.8) is 0 Å². The Labute approximate surface area is 227 Å². The lowest BCUT2D eigenvalue weighted by Gasteiger charge is -2.21. The Bertz CT molecular complexity index is 1280. The molecule has 1 N–H and O–H groups in total. The Morgan fingerprint density at radius 2 is 1.63 bits per heavy atom. The maximum absolute atomic E-state index is 13.7. The molecule has 0 spiro atoms. The second-order valence-electron chi connectivity index (χ2n) is 9.84. The number of hydrogen-bond acceptors (Lipinski definition) is 6. The average Bonchev–Trinajstić information content (AvgIpc) is 3.24. The fourth-order valence-electron chi connectivity index (χ4n) is 4.55. The van der Waals surface area contributed by atoms with Crippen LogP contribution in [0.15, 0.2) is 46.9 Å². The molecule has 0 saturated carbocycles. The predicted molar refractivity (Wildman–Crippen MR) is 155 cm³/mol. The molecule has 0 aliphatic heterocycles. The van der Waals surface area contributed by atoms with Gasteiger partial charge in [-0.05, 0) is 81.2 Å². The van der Waals surface area contributed by atoms with Gasteiger partial charge in [-0.3, -0.25) is 9.52 Å². The van der Waals surface area contributed by atoms with E-state index in [1.807, 2.05) is 12.1 Å². The Balaban J connectivity index is 1.73. The normalized spacial score (nSPS) is 11.8. The topological polar surface area (TPSA) is 88.8 Å². The lowest BCUT2D eigenvalue weighted by atomic mass is 9.98. The number of rotatable bonds is 17. The van der Waals surface area contributed by atoms with Crippen LogP contribution in [-0.4, -0.2) is 51.6 Å². The summed E-state index contributed by atoms with van der Waals surface area (Å²) in [6.07, 6.45) is 8.12. The molecule has 0 bridgehead atoms. The van der Waals surface area contributed by atoms with Crippen LogP contribution in [0.4, 0.5) is 5.69 Å². The van der Waals surface area contributed by atoms with Crippen LogP contribution >= 0.6 is 0 Å². The third kappa shape index (κ3) is 8.60. The van der Waals surface area contributed by atoms with Gasteiger partial charge in [0.1, 0.15) is 17.1 Å². The fraction of sp³-hybridized carbons (Fsp3) is 0.500. The number of sulfonamides is 1. The van der Waals surface area contributed by atoms with Crippen molar-refractivity contribution in [1.29, 1.82) is 0 Å². The minimum Gasteiger partial charge on any atom is -0.494 e. The van der Waals surface area contributed by atoms with Gasteiger partial charge in [0.2, 0.25) is 10.0 Å². The number of unbranched alkanes of at least 4 members (excludes halogenated alkanes) is 2. The van der Waals surface area contributed by atoms with Gasteiger partial charge in [-0.2, -0.15) is 0 Å². The van der Waals surface area contributed by atoms with Crippen LogP contribution in [0.5, 0.6) is 5.75 Å². The van der Waals surface area contributed by atoms with Crippen LogP contribution in [0.25, 0.3) is 11.0 Å². The molecule has 0 aliphatic rings. The fourth-order valence-corrected chi connectivity index (χ4v) is 5.10. The smallest absolute Gasteiger partial charge is 0.229 e. The van der Waals surface area contributed by atoms with Gasteiger partial charge < -0.3 is 14.1 Å². The Morgan fingerprint density at radius 1 is 0.921 bits per heavy atom. The first kappa shape index (κ1) is 29.7. The molecule has 1 heterocycles. The molecule has 208 valence electrons. The molecule has 8 heteroatoms. The molecule has 2 aromatic carbocycles. The second kappa shape index (κ2) is 14.4. The molecule has 0 fully saturated rings. The third-order valence-electron chi connectivity index (χ3n) is 6.42. The van der Waals surface area contributed by atoms with Gasteiger partial charge in [-0.25, -0.2) is 8.42 Å². The molecule has 0 saturated heterocycles. The minimum atomic E-state index is -3.45. The highest BCUT2D eigenvalue weighted by Gasteiger charge is 2.22. The molecule has 7 nitrogen and oxygen atoms in total. The summed E-state index contributed by atoms with van der Waals surface area (Å²) in [6, 6.07) is 12.2. The summed E-state index contributed by atoms with van der Waals surface area (Å²) in [6.45, 7) is 10.4. The van der Waals surface area contributed by atoms with Crippen molar-refractivity contribution in [2.75, 3.05) is 37.2 Å². The summed E-state index contributed by atoms with van der Waals surface area (Å²) >= 11 is 0. The van der Waals surface area contributed by atoms with E-state index in [0.29, 0.717) is 46.6 Å². The quantitative estimate of drug-likeness (QED) is 0.152. The van der Waals surface area contributed by atoms with E-state index in [1.165, 1.54) is 12.8 Å². The number of hydrogen-bond donors (Lipinski definition) is 1. The van der Waals surface area contributed by atoms with E-state index in [2.05, 4.69) is 30.4 Å². The Hall–Kier alpha value is -2.84. The van der Waals surface area contributed by atoms with E-state index >= 15 is 0 Å². The van der Waals surface area contributed by atoms with E-state index in [9.17, 15) is 13.2 Å². The number of fused-ring (bicyclic) bond motifs is 1. The number of carbonyl (C=O) groups excluding carboxylic acids is 1. The Morgan fingerprint density at radius 3 is 2.29 bits per heavy atom. The molecule has 0 radical (unpaired) electrons. The zero-order valence-electron chi connectivity index (χ0n) is 23.2. The maximum Gasteiger partial charge on any atom is 0.229 e. The van der Waals surface area contributed by atoms with Gasteiger partial charge in [0, 0.05) is 29.6 Å². The summed E-state index contributed by atoms with van der Waals surface area (Å²) < 4.78 is 38.0. The van der Waals surface area contributed by atoms with Crippen LogP contribution in [0.2, 0.25) is 0 Å². The number of nitrogens with zero attached hydrogens (tertiary/aromatic N) is 1. The van der Waals surface area contributed by atoms with Crippen molar-refractivity contribution in [3.05, 3.63) is 59.4 Å². The van der Waals surface area contributed by atoms with Gasteiger partial charge in [0.15, 0.2) is 5.78 Å². The van der Waals surface area contributed by atoms with Gasteiger partial charge in [-0.1, -0.05) is 33.6 Å². The van der Waals surface area contributed by atoms with Crippen molar-refractivity contribution in [2.24, 2.45) is 0 Å². The van der Waals surface area contributed by atoms with E-state index in [1.54, 1.807) is 30.3 Å². The average molecular weight is 543 g/mol. The summed E-state index contributed by atoms with van der Waals surface area (Å²) in [5.41, 5.74) is 1.98. The van der Waals surface area contributed by atoms with E-state index in [0.717, 1.165) is 57.3 Å². The number of ketones is 1. The SMILES string of the molecule is CCCCc1oc2ccc(NS(C)(=O)=O)cc2c1C(=O)c1ccc(OCCCN(CCC)CCCC)cc1. The van der Waals surface area contributed by atoms with Crippen LogP contribution in [0.1, 0.15) is 81.0 Å². The van der Waals surface area contributed by atoms with Gasteiger partial charge in [0.25, 0.3) is 0 Å². The summed E-state index contributed by atoms with van der Waals surface area (Å²) in [5.74, 6) is 1.22. The zero-order chi connectivity index (χ0) is 27.5. The number of ether oxygens (including phenoxy) is 1. The molecule has 3 rings (SSSR count). The predicted octanol–water partition coefficient (Wildman–Crippen LogP) is 6.66. The highest BCUT2D eigenvalue weighted by atomic mass is 32.2. The molecule has 1 aromatic heterocycles. The zero-order valence-corrected chi connectivity index (χ0v) is 24.0. The number of benzene rings is 2. The number of nitrogens with one attached hydrogen (secondary N) is 1. The lowest BCUT2D eigenvalue weighted by molar-refractivity contribution is 0.103. The van der Waals surface area contributed by atoms with Crippen molar-refractivity contribution in [2.45, 2.75) is 65.7 Å². The molecule has 3 aromatic rings. The molecule has 0 aliphatic carbocycles. The van der Waals surface area contributed by atoms with Crippen LogP contribution in [0, 0.1) is 0 Å². The number of carbonyl (C=O) groups is 1. The van der Waals surface area contributed by atoms with Gasteiger partial charge in [-0.15, -0.1) is 0 Å². The summed E-state index contributed by atoms with van der Waals surface area (Å²) in [7, 11) is -3.45. The van der Waals surface area contributed by atoms with Gasteiger partial charge in [0.05, 0.1) is 18.4 Å². The third-order valence-corrected chi connectivity index (χ3v) is 7.03. The second-order valence-corrected chi connectivity index (χ2v) is 11.6. The first-order chi connectivity index (χ1) is 18.3. The lowest BCUT2D eigenvalue weighted by Crippen LogP contribution is -2.27. The van der Waals surface area contributed by atoms with E-state index < -0.39 is 10.0 Å². The van der Waals surface area contributed by atoms with Crippen LogP contribution < -0.4 is 9.46 Å². The summed E-state index contributed by atoms with van der Waals surface area (Å²) in [5, 5.41) is 0.606. The molecular formula is C30H42N2O5S. The van der Waals surface area contributed by atoms with E-state index in [4.69, 9.17) is 9.15 Å². The van der Waals surface area contributed by atoms with Crippen molar-refractivity contribution in [1.82, 2.24) is 4.90 Å². The number of furan rings is 1. The minimum absolute atomic E-state index is 0.149. The number of aryl methyl sites for hydroxylation is 1. The van der Waals surface area contributed by atoms with Crippen molar-refractivity contribution in [3.8, 4) is 5.75 Å². The van der Waals surface area contributed by atoms with Crippen molar-refractivity contribution >= 4 is 32.5 Å². The molecule has 0 amide bonds. The van der Waals surface area contributed by atoms with Crippen molar-refractivity contribution < 1.29 is 22.4 Å².